The van der Waals surface area contributed by atoms with E-state index in [1.807, 2.05) is 34.6 Å². The van der Waals surface area contributed by atoms with Crippen molar-refractivity contribution in [3.05, 3.63) is 0 Å². The van der Waals surface area contributed by atoms with Crippen LogP contribution < -0.4 is 5.32 Å². The first kappa shape index (κ1) is 17.0. The molecule has 0 radical (unpaired) electrons. The second-order valence-electron chi connectivity index (χ2n) is 5.94. The quantitative estimate of drug-likeness (QED) is 0.805. The van der Waals surface area contributed by atoms with Crippen LogP contribution in [-0.2, 0) is 14.3 Å². The van der Waals surface area contributed by atoms with Crippen molar-refractivity contribution < 1.29 is 14.3 Å². The zero-order valence-corrected chi connectivity index (χ0v) is 13.3. The first-order valence-corrected chi connectivity index (χ1v) is 7.58. The van der Waals surface area contributed by atoms with E-state index >= 15 is 0 Å². The lowest BCUT2D eigenvalue weighted by molar-refractivity contribution is -0.137. The lowest BCUT2D eigenvalue weighted by Gasteiger charge is -2.30. The van der Waals surface area contributed by atoms with E-state index in [-0.39, 0.29) is 29.9 Å². The normalized spacial score (nSPS) is 25.6. The third-order valence-corrected chi connectivity index (χ3v) is 3.87. The summed E-state index contributed by atoms with van der Waals surface area (Å²) >= 11 is 0. The van der Waals surface area contributed by atoms with Crippen molar-refractivity contribution in [2.24, 2.45) is 5.92 Å². The Morgan fingerprint density at radius 2 is 2.00 bits per heavy atom. The lowest BCUT2D eigenvalue weighted by atomic mass is 9.98. The molecule has 116 valence electrons. The van der Waals surface area contributed by atoms with Crippen molar-refractivity contribution in [3.8, 4) is 0 Å². The lowest BCUT2D eigenvalue weighted by Crippen LogP contribution is -2.50. The Hall–Kier alpha value is -1.10. The maximum Gasteiger partial charge on any atom is 0.245 e. The molecule has 2 amide bonds. The van der Waals surface area contributed by atoms with Crippen molar-refractivity contribution in [2.45, 2.75) is 65.6 Å². The van der Waals surface area contributed by atoms with Crippen LogP contribution in [0.2, 0.25) is 0 Å². The first-order chi connectivity index (χ1) is 9.36. The fourth-order valence-electron chi connectivity index (χ4n) is 2.41. The highest BCUT2D eigenvalue weighted by atomic mass is 16.5. The predicted molar refractivity (Wildman–Crippen MR) is 78.3 cm³/mol. The van der Waals surface area contributed by atoms with Gasteiger partial charge in [-0.3, -0.25) is 9.59 Å². The molecule has 5 heteroatoms. The number of ether oxygens (including phenoxy) is 1. The van der Waals surface area contributed by atoms with E-state index < -0.39 is 6.04 Å². The molecule has 1 rings (SSSR count). The molecule has 0 saturated carbocycles. The van der Waals surface area contributed by atoms with E-state index in [4.69, 9.17) is 4.74 Å². The summed E-state index contributed by atoms with van der Waals surface area (Å²) in [5.74, 6) is 0.124. The second-order valence-corrected chi connectivity index (χ2v) is 5.94. The Labute approximate surface area is 122 Å². The number of carbonyl (C=O) groups is 2. The topological polar surface area (TPSA) is 58.6 Å². The minimum absolute atomic E-state index is 0.0186. The molecule has 0 spiro atoms. The van der Waals surface area contributed by atoms with Gasteiger partial charge in [-0.1, -0.05) is 20.3 Å². The van der Waals surface area contributed by atoms with Crippen LogP contribution in [0.4, 0.5) is 0 Å². The summed E-state index contributed by atoms with van der Waals surface area (Å²) in [6.07, 6.45) is 1.37. The van der Waals surface area contributed by atoms with Gasteiger partial charge in [0.15, 0.2) is 0 Å². The highest BCUT2D eigenvalue weighted by molar-refractivity contribution is 5.90. The predicted octanol–water partition coefficient (Wildman–Crippen LogP) is 1.56. The fraction of sp³-hybridized carbons (Fsp3) is 0.867. The van der Waals surface area contributed by atoms with Crippen LogP contribution in [0.15, 0.2) is 0 Å². The third-order valence-electron chi connectivity index (χ3n) is 3.87. The molecule has 1 N–H and O–H groups in total. The molecule has 0 bridgehead atoms. The molecular weight excluding hydrogens is 256 g/mol. The molecule has 3 atom stereocenters. The van der Waals surface area contributed by atoms with E-state index in [9.17, 15) is 9.59 Å². The van der Waals surface area contributed by atoms with Gasteiger partial charge in [-0.05, 0) is 26.7 Å². The minimum Gasteiger partial charge on any atom is -0.377 e. The Kier molecular flexibility index (Phi) is 6.46. The van der Waals surface area contributed by atoms with Gasteiger partial charge in [-0.15, -0.1) is 0 Å². The summed E-state index contributed by atoms with van der Waals surface area (Å²) in [6, 6.07) is -0.483. The van der Waals surface area contributed by atoms with Gasteiger partial charge in [0.25, 0.3) is 0 Å². The van der Waals surface area contributed by atoms with Gasteiger partial charge in [0, 0.05) is 19.0 Å². The van der Waals surface area contributed by atoms with Gasteiger partial charge < -0.3 is 15.0 Å². The average molecular weight is 284 g/mol. The second kappa shape index (κ2) is 7.62. The van der Waals surface area contributed by atoms with Crippen LogP contribution in [0.5, 0.6) is 0 Å². The summed E-state index contributed by atoms with van der Waals surface area (Å²) in [7, 11) is 0. The van der Waals surface area contributed by atoms with Gasteiger partial charge in [0.05, 0.1) is 12.7 Å². The fourth-order valence-corrected chi connectivity index (χ4v) is 2.41. The number of nitrogens with zero attached hydrogens (tertiary/aromatic N) is 1. The van der Waals surface area contributed by atoms with E-state index in [0.29, 0.717) is 19.6 Å². The largest absolute Gasteiger partial charge is 0.377 e. The molecular formula is C15H28N2O3. The molecule has 1 aliphatic heterocycles. The van der Waals surface area contributed by atoms with Crippen molar-refractivity contribution in [1.29, 1.82) is 0 Å². The van der Waals surface area contributed by atoms with Gasteiger partial charge in [-0.25, -0.2) is 0 Å². The van der Waals surface area contributed by atoms with Crippen molar-refractivity contribution in [2.75, 3.05) is 13.2 Å². The Morgan fingerprint density at radius 3 is 2.55 bits per heavy atom. The zero-order valence-electron chi connectivity index (χ0n) is 13.3. The van der Waals surface area contributed by atoms with Crippen LogP contribution in [0.1, 0.15) is 47.5 Å². The summed E-state index contributed by atoms with van der Waals surface area (Å²) in [5.41, 5.74) is 0. The SMILES string of the molecule is CCC(C)C1NC(=O)CC(C)N(CCOC(C)C)C1=O. The first-order valence-electron chi connectivity index (χ1n) is 7.58. The van der Waals surface area contributed by atoms with Gasteiger partial charge in [0.2, 0.25) is 11.8 Å². The van der Waals surface area contributed by atoms with Crippen molar-refractivity contribution in [1.82, 2.24) is 10.2 Å². The maximum absolute atomic E-state index is 12.6. The standard InChI is InChI=1S/C15H28N2O3/c1-6-11(4)14-15(19)17(7-8-20-10(2)3)12(5)9-13(18)16-14/h10-12,14H,6-9H2,1-5H3,(H,16,18). The molecule has 1 heterocycles. The number of carbonyl (C=O) groups excluding carboxylic acids is 2. The molecule has 0 aromatic rings. The van der Waals surface area contributed by atoms with E-state index in [0.717, 1.165) is 6.42 Å². The maximum atomic E-state index is 12.6. The molecule has 1 aliphatic rings. The van der Waals surface area contributed by atoms with Crippen LogP contribution >= 0.6 is 0 Å². The molecule has 5 nitrogen and oxygen atoms in total. The Bertz CT molecular complexity index is 344. The molecule has 20 heavy (non-hydrogen) atoms. The Balaban J connectivity index is 2.77. The van der Waals surface area contributed by atoms with E-state index in [1.165, 1.54) is 0 Å². The molecule has 1 saturated heterocycles. The van der Waals surface area contributed by atoms with Crippen molar-refractivity contribution >= 4 is 11.8 Å². The number of hydrogen-bond donors (Lipinski definition) is 1. The summed E-state index contributed by atoms with van der Waals surface area (Å²) in [5, 5.41) is 2.87. The van der Waals surface area contributed by atoms with Gasteiger partial charge >= 0.3 is 0 Å². The zero-order chi connectivity index (χ0) is 15.3. The third kappa shape index (κ3) is 4.47. The van der Waals surface area contributed by atoms with E-state index in [1.54, 1.807) is 4.90 Å². The number of hydrogen-bond acceptors (Lipinski definition) is 3. The average Bonchev–Trinajstić information content (AvgIpc) is 2.48. The molecule has 1 fully saturated rings. The summed E-state index contributed by atoms with van der Waals surface area (Å²) in [6.45, 7) is 11.0. The molecule has 3 unspecified atom stereocenters. The number of nitrogens with one attached hydrogen (secondary N) is 1. The van der Waals surface area contributed by atoms with Crippen LogP contribution in [0.25, 0.3) is 0 Å². The molecule has 0 aliphatic carbocycles. The van der Waals surface area contributed by atoms with Crippen LogP contribution in [-0.4, -0.2) is 48.1 Å². The highest BCUT2D eigenvalue weighted by Crippen LogP contribution is 2.17. The summed E-state index contributed by atoms with van der Waals surface area (Å²) < 4.78 is 5.53. The monoisotopic (exact) mass is 284 g/mol. The smallest absolute Gasteiger partial charge is 0.245 e. The van der Waals surface area contributed by atoms with Gasteiger partial charge in [0.1, 0.15) is 6.04 Å². The van der Waals surface area contributed by atoms with Crippen LogP contribution in [0.3, 0.4) is 0 Å². The van der Waals surface area contributed by atoms with Gasteiger partial charge in [-0.2, -0.15) is 0 Å². The number of rotatable bonds is 6. The van der Waals surface area contributed by atoms with E-state index in [2.05, 4.69) is 5.32 Å². The Morgan fingerprint density at radius 1 is 1.35 bits per heavy atom. The molecule has 0 aromatic heterocycles. The summed E-state index contributed by atoms with van der Waals surface area (Å²) in [4.78, 5) is 26.3. The molecule has 0 aromatic carbocycles. The van der Waals surface area contributed by atoms with Crippen molar-refractivity contribution in [3.63, 3.8) is 0 Å². The minimum atomic E-state index is -0.406. The van der Waals surface area contributed by atoms with Crippen LogP contribution in [0, 0.1) is 5.92 Å². The number of amides is 2. The highest BCUT2D eigenvalue weighted by Gasteiger charge is 2.35.